The van der Waals surface area contributed by atoms with Crippen LogP contribution in [-0.2, 0) is 21.2 Å². The highest BCUT2D eigenvalue weighted by molar-refractivity contribution is 7.91. The van der Waals surface area contributed by atoms with Crippen LogP contribution in [-0.4, -0.2) is 52.4 Å². The van der Waals surface area contributed by atoms with E-state index in [0.29, 0.717) is 6.42 Å². The van der Waals surface area contributed by atoms with E-state index in [1.165, 1.54) is 29.1 Å². The highest BCUT2D eigenvalue weighted by Crippen LogP contribution is 2.32. The van der Waals surface area contributed by atoms with Gasteiger partial charge in [0.2, 0.25) is 5.91 Å². The molecule has 2 heterocycles. The third kappa shape index (κ3) is 3.23. The van der Waals surface area contributed by atoms with Gasteiger partial charge < -0.3 is 4.90 Å². The first-order valence-electron chi connectivity index (χ1n) is 8.50. The molecule has 1 aliphatic carbocycles. The molecule has 4 rings (SSSR count). The molecule has 1 aromatic carbocycles. The maximum Gasteiger partial charge on any atom is 0.261 e. The van der Waals surface area contributed by atoms with Crippen molar-refractivity contribution in [3.05, 3.63) is 40.7 Å². The van der Waals surface area contributed by atoms with Crippen molar-refractivity contribution in [3.63, 3.8) is 0 Å². The van der Waals surface area contributed by atoms with Crippen LogP contribution in [0.4, 0.5) is 4.39 Å². The average Bonchev–Trinajstić information content (AvgIpc) is 3.33. The van der Waals surface area contributed by atoms with Gasteiger partial charge in [-0.15, -0.1) is 0 Å². The molecule has 0 N–H and O–H groups in total. The van der Waals surface area contributed by atoms with Crippen molar-refractivity contribution in [3.8, 4) is 0 Å². The smallest absolute Gasteiger partial charge is 0.261 e. The van der Waals surface area contributed by atoms with E-state index in [-0.39, 0.29) is 46.9 Å². The Morgan fingerprint density at radius 3 is 2.69 bits per heavy atom. The van der Waals surface area contributed by atoms with Crippen LogP contribution in [0.2, 0.25) is 0 Å². The van der Waals surface area contributed by atoms with E-state index in [2.05, 4.69) is 4.98 Å². The summed E-state index contributed by atoms with van der Waals surface area (Å²) in [5.74, 6) is -0.683. The summed E-state index contributed by atoms with van der Waals surface area (Å²) in [6.45, 7) is -0.202. The van der Waals surface area contributed by atoms with Crippen molar-refractivity contribution in [2.75, 3.05) is 11.5 Å². The van der Waals surface area contributed by atoms with Gasteiger partial charge >= 0.3 is 0 Å². The van der Waals surface area contributed by atoms with Crippen LogP contribution in [0, 0.1) is 5.82 Å². The van der Waals surface area contributed by atoms with Gasteiger partial charge in [-0.2, -0.15) is 0 Å². The molecule has 7 nitrogen and oxygen atoms in total. The predicted molar refractivity (Wildman–Crippen MR) is 92.9 cm³/mol. The Bertz CT molecular complexity index is 1050. The van der Waals surface area contributed by atoms with Crippen LogP contribution in [0.5, 0.6) is 0 Å². The quantitative estimate of drug-likeness (QED) is 0.781. The summed E-state index contributed by atoms with van der Waals surface area (Å²) in [5, 5.41) is 0.239. The number of hydrogen-bond acceptors (Lipinski definition) is 5. The number of amides is 1. The number of sulfone groups is 1. The Kier molecular flexibility index (Phi) is 4.06. The number of benzene rings is 1. The highest BCUT2D eigenvalue weighted by atomic mass is 32.2. The van der Waals surface area contributed by atoms with Crippen LogP contribution in [0.15, 0.2) is 29.3 Å². The molecule has 9 heteroatoms. The molecular formula is C17H18FN3O4S. The molecule has 0 bridgehead atoms. The summed E-state index contributed by atoms with van der Waals surface area (Å²) in [7, 11) is -3.10. The van der Waals surface area contributed by atoms with Crippen LogP contribution in [0.3, 0.4) is 0 Å². The molecule has 1 saturated heterocycles. The van der Waals surface area contributed by atoms with E-state index < -0.39 is 21.2 Å². The summed E-state index contributed by atoms with van der Waals surface area (Å²) in [4.78, 5) is 31.1. The van der Waals surface area contributed by atoms with Gasteiger partial charge in [-0.1, -0.05) is 0 Å². The zero-order valence-electron chi connectivity index (χ0n) is 14.0. The average molecular weight is 379 g/mol. The topological polar surface area (TPSA) is 89.3 Å². The highest BCUT2D eigenvalue weighted by Gasteiger charge is 2.42. The molecule has 0 spiro atoms. The van der Waals surface area contributed by atoms with Crippen molar-refractivity contribution in [1.82, 2.24) is 14.5 Å². The minimum atomic E-state index is -3.10. The van der Waals surface area contributed by atoms with Crippen molar-refractivity contribution >= 4 is 26.6 Å². The van der Waals surface area contributed by atoms with Crippen molar-refractivity contribution in [2.45, 2.75) is 37.9 Å². The molecule has 0 unspecified atom stereocenters. The fourth-order valence-electron chi connectivity index (χ4n) is 3.52. The fraction of sp³-hybridized carbons (Fsp3) is 0.471. The molecule has 2 fully saturated rings. The summed E-state index contributed by atoms with van der Waals surface area (Å²) in [6, 6.07) is 3.43. The predicted octanol–water partition coefficient (Wildman–Crippen LogP) is 0.714. The summed E-state index contributed by atoms with van der Waals surface area (Å²) in [6.07, 6.45) is 3.38. The van der Waals surface area contributed by atoms with Gasteiger partial charge in [0.1, 0.15) is 12.4 Å². The Balaban J connectivity index is 1.60. The molecule has 26 heavy (non-hydrogen) atoms. The number of nitrogens with zero attached hydrogens (tertiary/aromatic N) is 3. The van der Waals surface area contributed by atoms with Gasteiger partial charge in [0.25, 0.3) is 5.56 Å². The number of fused-ring (bicyclic) bond motifs is 1. The minimum Gasteiger partial charge on any atom is -0.334 e. The summed E-state index contributed by atoms with van der Waals surface area (Å²) >= 11 is 0. The summed E-state index contributed by atoms with van der Waals surface area (Å²) in [5.41, 5.74) is -0.183. The number of rotatable bonds is 4. The third-order valence-corrected chi connectivity index (χ3v) is 6.67. The first-order chi connectivity index (χ1) is 12.3. The van der Waals surface area contributed by atoms with E-state index in [9.17, 15) is 22.4 Å². The SMILES string of the molecule is O=C(Cn1cnc2cc(F)ccc2c1=O)N(C1CC1)[C@@H]1CCS(=O)(=O)C1. The van der Waals surface area contributed by atoms with Gasteiger partial charge in [0, 0.05) is 18.2 Å². The molecular weight excluding hydrogens is 361 g/mol. The van der Waals surface area contributed by atoms with Gasteiger partial charge in [-0.3, -0.25) is 14.2 Å². The van der Waals surface area contributed by atoms with Crippen molar-refractivity contribution < 1.29 is 17.6 Å². The summed E-state index contributed by atoms with van der Waals surface area (Å²) < 4.78 is 38.0. The molecule has 2 aromatic rings. The third-order valence-electron chi connectivity index (χ3n) is 4.92. The molecule has 1 atom stereocenters. The first kappa shape index (κ1) is 17.1. The van der Waals surface area contributed by atoms with Crippen LogP contribution in [0.1, 0.15) is 19.3 Å². The zero-order chi connectivity index (χ0) is 18.5. The van der Waals surface area contributed by atoms with Crippen LogP contribution >= 0.6 is 0 Å². The van der Waals surface area contributed by atoms with Gasteiger partial charge in [-0.25, -0.2) is 17.8 Å². The van der Waals surface area contributed by atoms with Gasteiger partial charge in [-0.05, 0) is 31.4 Å². The fourth-order valence-corrected chi connectivity index (χ4v) is 5.24. The number of halogens is 1. The Hall–Kier alpha value is -2.29. The molecule has 138 valence electrons. The van der Waals surface area contributed by atoms with Gasteiger partial charge in [0.15, 0.2) is 9.84 Å². The van der Waals surface area contributed by atoms with E-state index in [1.807, 2.05) is 0 Å². The molecule has 1 saturated carbocycles. The second-order valence-electron chi connectivity index (χ2n) is 6.93. The van der Waals surface area contributed by atoms with Crippen molar-refractivity contribution in [2.24, 2.45) is 0 Å². The monoisotopic (exact) mass is 379 g/mol. The Morgan fingerprint density at radius 1 is 1.27 bits per heavy atom. The molecule has 1 amide bonds. The lowest BCUT2D eigenvalue weighted by Gasteiger charge is -2.28. The van der Waals surface area contributed by atoms with E-state index in [0.717, 1.165) is 12.8 Å². The minimum absolute atomic E-state index is 0.0145. The second kappa shape index (κ2) is 6.15. The van der Waals surface area contributed by atoms with Crippen molar-refractivity contribution in [1.29, 1.82) is 0 Å². The maximum absolute atomic E-state index is 13.3. The first-order valence-corrected chi connectivity index (χ1v) is 10.3. The second-order valence-corrected chi connectivity index (χ2v) is 9.16. The molecule has 1 aromatic heterocycles. The standard InChI is InChI=1S/C17H18FN3O4S/c18-11-1-4-14-15(7-11)19-10-20(17(14)23)8-16(22)21(12-2-3-12)13-5-6-26(24,25)9-13/h1,4,7,10,12-13H,2-3,5-6,8-9H2/t13-/m1/s1. The zero-order valence-corrected chi connectivity index (χ0v) is 14.8. The maximum atomic E-state index is 13.3. The lowest BCUT2D eigenvalue weighted by Crippen LogP contribution is -2.45. The Morgan fingerprint density at radius 2 is 2.04 bits per heavy atom. The van der Waals surface area contributed by atoms with E-state index in [1.54, 1.807) is 4.90 Å². The number of aromatic nitrogens is 2. The van der Waals surface area contributed by atoms with E-state index >= 15 is 0 Å². The Labute approximate surface area is 149 Å². The number of hydrogen-bond donors (Lipinski definition) is 0. The molecule has 2 aliphatic rings. The number of carbonyl (C=O) groups is 1. The molecule has 1 aliphatic heterocycles. The normalized spacial score (nSPS) is 21.8. The van der Waals surface area contributed by atoms with E-state index in [4.69, 9.17) is 0 Å². The number of carbonyl (C=O) groups excluding carboxylic acids is 1. The lowest BCUT2D eigenvalue weighted by atomic mass is 10.2. The van der Waals surface area contributed by atoms with Crippen LogP contribution in [0.25, 0.3) is 10.9 Å². The molecule has 0 radical (unpaired) electrons. The lowest BCUT2D eigenvalue weighted by molar-refractivity contribution is -0.134. The van der Waals surface area contributed by atoms with Gasteiger partial charge in [0.05, 0.1) is 28.7 Å². The van der Waals surface area contributed by atoms with Crippen LogP contribution < -0.4 is 5.56 Å². The largest absolute Gasteiger partial charge is 0.334 e.